The number of halogens is 4. The highest BCUT2D eigenvalue weighted by atomic mass is 35.5. The third kappa shape index (κ3) is 3.08. The number of fused-ring (bicyclic) bond motifs is 1. The molecule has 0 aliphatic heterocycles. The van der Waals surface area contributed by atoms with Gasteiger partial charge in [-0.3, -0.25) is 9.69 Å². The van der Waals surface area contributed by atoms with Crippen LogP contribution in [0.5, 0.6) is 0 Å². The predicted molar refractivity (Wildman–Crippen MR) is 88.6 cm³/mol. The van der Waals surface area contributed by atoms with Crippen LogP contribution >= 0.6 is 11.6 Å². The predicted octanol–water partition coefficient (Wildman–Crippen LogP) is 5.81. The lowest BCUT2D eigenvalue weighted by atomic mass is 10.1. The van der Waals surface area contributed by atoms with E-state index in [9.17, 15) is 18.0 Å². The van der Waals surface area contributed by atoms with Gasteiger partial charge in [0.15, 0.2) is 0 Å². The third-order valence-electron chi connectivity index (χ3n) is 3.65. The van der Waals surface area contributed by atoms with Crippen molar-refractivity contribution in [3.05, 3.63) is 71.2 Å². The minimum absolute atomic E-state index is 0.262. The Morgan fingerprint density at radius 1 is 0.875 bits per heavy atom. The number of amides is 1. The Morgan fingerprint density at radius 3 is 2.12 bits per heavy atom. The highest BCUT2D eigenvalue weighted by molar-refractivity contribution is 6.31. The van der Waals surface area contributed by atoms with Crippen molar-refractivity contribution in [2.75, 3.05) is 4.90 Å². The summed E-state index contributed by atoms with van der Waals surface area (Å²) >= 11 is 5.74. The molecule has 24 heavy (non-hydrogen) atoms. The first-order chi connectivity index (χ1) is 11.4. The van der Waals surface area contributed by atoms with E-state index in [4.69, 9.17) is 11.6 Å². The Bertz CT molecular complexity index is 908. The molecular weight excluding hydrogens is 339 g/mol. The van der Waals surface area contributed by atoms with Crippen molar-refractivity contribution in [1.29, 1.82) is 0 Å². The normalized spacial score (nSPS) is 11.5. The van der Waals surface area contributed by atoms with Gasteiger partial charge in [-0.2, -0.15) is 13.2 Å². The standard InChI is InChI=1S/C18H11ClF3NO/c19-17-10-15(7-8-16(17)18(20,21)22)23(11-24)14-6-5-12-3-1-2-4-13(12)9-14/h1-11H. The summed E-state index contributed by atoms with van der Waals surface area (Å²) in [5.74, 6) is 0. The van der Waals surface area contributed by atoms with Crippen molar-refractivity contribution in [2.24, 2.45) is 0 Å². The van der Waals surface area contributed by atoms with E-state index in [1.54, 1.807) is 12.1 Å². The number of nitrogens with zero attached hydrogens (tertiary/aromatic N) is 1. The Hall–Kier alpha value is -2.53. The monoisotopic (exact) mass is 349 g/mol. The molecule has 0 radical (unpaired) electrons. The van der Waals surface area contributed by atoms with Crippen molar-refractivity contribution in [3.8, 4) is 0 Å². The van der Waals surface area contributed by atoms with Crippen molar-refractivity contribution in [3.63, 3.8) is 0 Å². The number of alkyl halides is 3. The molecule has 3 rings (SSSR count). The quantitative estimate of drug-likeness (QED) is 0.547. The molecule has 0 unspecified atom stereocenters. The number of hydrogen-bond donors (Lipinski definition) is 0. The van der Waals surface area contributed by atoms with Crippen molar-refractivity contribution < 1.29 is 18.0 Å². The molecule has 0 aromatic heterocycles. The van der Waals surface area contributed by atoms with E-state index >= 15 is 0 Å². The Morgan fingerprint density at radius 2 is 1.50 bits per heavy atom. The molecule has 0 atom stereocenters. The number of rotatable bonds is 3. The molecule has 2 nitrogen and oxygen atoms in total. The van der Waals surface area contributed by atoms with Crippen LogP contribution in [0.25, 0.3) is 10.8 Å². The highest BCUT2D eigenvalue weighted by Crippen LogP contribution is 2.37. The summed E-state index contributed by atoms with van der Waals surface area (Å²) in [6.07, 6.45) is -3.99. The van der Waals surface area contributed by atoms with Crippen molar-refractivity contribution >= 4 is 40.2 Å². The van der Waals surface area contributed by atoms with E-state index in [1.165, 1.54) is 11.0 Å². The lowest BCUT2D eigenvalue weighted by molar-refractivity contribution is -0.137. The molecule has 3 aromatic rings. The number of benzene rings is 3. The van der Waals surface area contributed by atoms with Gasteiger partial charge in [-0.25, -0.2) is 0 Å². The fraction of sp³-hybridized carbons (Fsp3) is 0.0556. The third-order valence-corrected chi connectivity index (χ3v) is 3.97. The first-order valence-corrected chi connectivity index (χ1v) is 7.38. The largest absolute Gasteiger partial charge is 0.417 e. The van der Waals surface area contributed by atoms with Crippen LogP contribution in [0, 0.1) is 0 Å². The van der Waals surface area contributed by atoms with E-state index in [0.717, 1.165) is 22.9 Å². The van der Waals surface area contributed by atoms with Crippen LogP contribution in [0.4, 0.5) is 24.5 Å². The van der Waals surface area contributed by atoms with E-state index in [-0.39, 0.29) is 5.69 Å². The van der Waals surface area contributed by atoms with Gasteiger partial charge in [0, 0.05) is 5.69 Å². The molecule has 122 valence electrons. The van der Waals surface area contributed by atoms with Gasteiger partial charge in [0.1, 0.15) is 0 Å². The summed E-state index contributed by atoms with van der Waals surface area (Å²) in [5, 5.41) is 1.46. The topological polar surface area (TPSA) is 20.3 Å². The number of carbonyl (C=O) groups is 1. The maximum atomic E-state index is 12.8. The van der Waals surface area contributed by atoms with Crippen molar-refractivity contribution in [2.45, 2.75) is 6.18 Å². The van der Waals surface area contributed by atoms with Gasteiger partial charge >= 0.3 is 6.18 Å². The SMILES string of the molecule is O=CN(c1ccc(C(F)(F)F)c(Cl)c1)c1ccc2ccccc2c1. The maximum Gasteiger partial charge on any atom is 0.417 e. The van der Waals surface area contributed by atoms with Crippen molar-refractivity contribution in [1.82, 2.24) is 0 Å². The summed E-state index contributed by atoms with van der Waals surface area (Å²) in [5.41, 5.74) is -0.130. The molecule has 0 aliphatic carbocycles. The Kier molecular flexibility index (Phi) is 4.20. The van der Waals surface area contributed by atoms with E-state index in [0.29, 0.717) is 12.1 Å². The summed E-state index contributed by atoms with van der Waals surface area (Å²) in [7, 11) is 0. The molecule has 0 bridgehead atoms. The Balaban J connectivity index is 2.04. The zero-order valence-electron chi connectivity index (χ0n) is 12.2. The summed E-state index contributed by atoms with van der Waals surface area (Å²) in [4.78, 5) is 12.7. The number of carbonyl (C=O) groups excluding carboxylic acids is 1. The van der Waals surface area contributed by atoms with E-state index in [2.05, 4.69) is 0 Å². The second kappa shape index (κ2) is 6.17. The molecule has 0 aliphatic rings. The van der Waals surface area contributed by atoms with E-state index < -0.39 is 16.8 Å². The fourth-order valence-electron chi connectivity index (χ4n) is 2.48. The maximum absolute atomic E-state index is 12.8. The molecule has 0 N–H and O–H groups in total. The van der Waals surface area contributed by atoms with Gasteiger partial charge in [-0.15, -0.1) is 0 Å². The van der Waals surface area contributed by atoms with Gasteiger partial charge in [-0.05, 0) is 41.1 Å². The second-order valence-corrected chi connectivity index (χ2v) is 5.58. The van der Waals surface area contributed by atoms with Crippen LogP contribution in [0.3, 0.4) is 0 Å². The molecule has 0 saturated carbocycles. The summed E-state index contributed by atoms with van der Waals surface area (Å²) in [6, 6.07) is 16.2. The van der Waals surface area contributed by atoms with Crippen LogP contribution in [0.15, 0.2) is 60.7 Å². The molecular formula is C18H11ClF3NO. The van der Waals surface area contributed by atoms with Crippen LogP contribution in [0.1, 0.15) is 5.56 Å². The minimum Gasteiger partial charge on any atom is -0.284 e. The molecule has 0 fully saturated rings. The first-order valence-electron chi connectivity index (χ1n) is 7.00. The van der Waals surface area contributed by atoms with Crippen LogP contribution in [-0.2, 0) is 11.0 Å². The fourth-order valence-corrected chi connectivity index (χ4v) is 2.76. The van der Waals surface area contributed by atoms with Gasteiger partial charge < -0.3 is 0 Å². The molecule has 6 heteroatoms. The number of hydrogen-bond acceptors (Lipinski definition) is 1. The second-order valence-electron chi connectivity index (χ2n) is 5.17. The summed E-state index contributed by atoms with van der Waals surface area (Å²) < 4.78 is 38.4. The van der Waals surface area contributed by atoms with Gasteiger partial charge in [-0.1, -0.05) is 41.9 Å². The van der Waals surface area contributed by atoms with Gasteiger partial charge in [0.05, 0.1) is 16.3 Å². The smallest absolute Gasteiger partial charge is 0.284 e. The van der Waals surface area contributed by atoms with Gasteiger partial charge in [0.2, 0.25) is 6.41 Å². The zero-order valence-corrected chi connectivity index (χ0v) is 13.0. The molecule has 1 amide bonds. The lowest BCUT2D eigenvalue weighted by Gasteiger charge is -2.19. The van der Waals surface area contributed by atoms with Crippen LogP contribution < -0.4 is 4.90 Å². The molecule has 3 aromatic carbocycles. The molecule has 0 saturated heterocycles. The molecule has 0 spiro atoms. The average molecular weight is 350 g/mol. The lowest BCUT2D eigenvalue weighted by Crippen LogP contribution is -2.15. The van der Waals surface area contributed by atoms with Crippen LogP contribution in [-0.4, -0.2) is 6.41 Å². The van der Waals surface area contributed by atoms with Crippen LogP contribution in [0.2, 0.25) is 5.02 Å². The first kappa shape index (κ1) is 16.3. The zero-order chi connectivity index (χ0) is 17.3. The Labute approximate surface area is 141 Å². The van der Waals surface area contributed by atoms with Gasteiger partial charge in [0.25, 0.3) is 0 Å². The minimum atomic E-state index is -4.54. The number of anilines is 2. The van der Waals surface area contributed by atoms with E-state index in [1.807, 2.05) is 30.3 Å². The average Bonchev–Trinajstić information content (AvgIpc) is 2.54. The molecule has 0 heterocycles. The summed E-state index contributed by atoms with van der Waals surface area (Å²) in [6.45, 7) is 0. The highest BCUT2D eigenvalue weighted by Gasteiger charge is 2.33.